The van der Waals surface area contributed by atoms with Crippen molar-refractivity contribution in [3.8, 4) is 0 Å². The molecule has 0 bridgehead atoms. The monoisotopic (exact) mass is 404 g/mol. The van der Waals surface area contributed by atoms with E-state index in [1.54, 1.807) is 38.4 Å². The van der Waals surface area contributed by atoms with E-state index in [9.17, 15) is 13.6 Å². The van der Waals surface area contributed by atoms with Crippen LogP contribution in [0.4, 0.5) is 8.78 Å². The van der Waals surface area contributed by atoms with Crippen molar-refractivity contribution >= 4 is 5.91 Å². The maximum absolute atomic E-state index is 13.7. The number of hydrogen-bond acceptors (Lipinski definition) is 3. The molecule has 0 aliphatic heterocycles. The molecule has 6 heteroatoms. The van der Waals surface area contributed by atoms with Crippen molar-refractivity contribution in [2.75, 3.05) is 6.54 Å². The average molecular weight is 405 g/mol. The molecule has 0 unspecified atom stereocenters. The summed E-state index contributed by atoms with van der Waals surface area (Å²) in [5, 5.41) is 12.4. The summed E-state index contributed by atoms with van der Waals surface area (Å²) >= 11 is 0. The Bertz CT molecular complexity index is 817. The van der Waals surface area contributed by atoms with E-state index in [1.165, 1.54) is 6.07 Å². The number of amides is 1. The third-order valence-corrected chi connectivity index (χ3v) is 5.17. The molecule has 2 aromatic carbocycles. The molecule has 1 amide bonds. The van der Waals surface area contributed by atoms with Gasteiger partial charge in [-0.05, 0) is 80.5 Å². The molecular formula is C23H30F2N2O2. The number of unbranched alkanes of at least 4 members (excludes halogenated alkanes) is 1. The van der Waals surface area contributed by atoms with E-state index in [-0.39, 0.29) is 17.6 Å². The summed E-state index contributed by atoms with van der Waals surface area (Å²) in [7, 11) is 0. The minimum Gasteiger partial charge on any atom is -0.313 e. The standard InChI is InChI=1S/C23H30F2N2O2/c1-15-10-18(7-8-21(15)24)13-20(23(28)27-29)6-4-5-9-26-14-19-11-16(2)22(25)17(3)12-19/h7-8,10-12,20,26,29H,4-6,9,13-14H2,1-3H3,(H,27,28)/t20-/m0/s1. The summed E-state index contributed by atoms with van der Waals surface area (Å²) in [6, 6.07) is 8.51. The van der Waals surface area contributed by atoms with Gasteiger partial charge in [0.15, 0.2) is 0 Å². The van der Waals surface area contributed by atoms with Crippen LogP contribution >= 0.6 is 0 Å². The van der Waals surface area contributed by atoms with Gasteiger partial charge in [0.25, 0.3) is 0 Å². The number of hydroxylamine groups is 1. The van der Waals surface area contributed by atoms with Gasteiger partial charge in [-0.2, -0.15) is 0 Å². The lowest BCUT2D eigenvalue weighted by Gasteiger charge is -2.15. The molecular weight excluding hydrogens is 374 g/mol. The lowest BCUT2D eigenvalue weighted by Crippen LogP contribution is -2.29. The summed E-state index contributed by atoms with van der Waals surface area (Å²) in [5.41, 5.74) is 5.50. The number of carbonyl (C=O) groups excluding carboxylic acids is 1. The van der Waals surface area contributed by atoms with Gasteiger partial charge in [-0.25, -0.2) is 14.3 Å². The molecule has 0 radical (unpaired) electrons. The first kappa shape index (κ1) is 23.0. The summed E-state index contributed by atoms with van der Waals surface area (Å²) in [4.78, 5) is 12.0. The molecule has 2 rings (SSSR count). The van der Waals surface area contributed by atoms with Crippen molar-refractivity contribution in [3.05, 3.63) is 69.8 Å². The Balaban J connectivity index is 1.78. The van der Waals surface area contributed by atoms with E-state index in [0.29, 0.717) is 36.1 Å². The predicted octanol–water partition coefficient (Wildman–Crippen LogP) is 4.51. The lowest BCUT2D eigenvalue weighted by molar-refractivity contribution is -0.133. The SMILES string of the molecule is Cc1cc(C[C@H](CCCCNCc2cc(C)c(F)c(C)c2)C(=O)NO)ccc1F. The number of nitrogens with one attached hydrogen (secondary N) is 2. The molecule has 158 valence electrons. The zero-order valence-electron chi connectivity index (χ0n) is 17.3. The average Bonchev–Trinajstić information content (AvgIpc) is 2.69. The molecule has 2 aromatic rings. The zero-order chi connectivity index (χ0) is 21.4. The highest BCUT2D eigenvalue weighted by Crippen LogP contribution is 2.18. The Morgan fingerprint density at radius 1 is 1.00 bits per heavy atom. The number of hydrogen-bond donors (Lipinski definition) is 3. The van der Waals surface area contributed by atoms with E-state index in [4.69, 9.17) is 5.21 Å². The molecule has 0 saturated heterocycles. The van der Waals surface area contributed by atoms with Gasteiger partial charge in [0, 0.05) is 12.5 Å². The Morgan fingerprint density at radius 2 is 1.66 bits per heavy atom. The van der Waals surface area contributed by atoms with Gasteiger partial charge in [0.05, 0.1) is 0 Å². The van der Waals surface area contributed by atoms with Gasteiger partial charge in [-0.1, -0.05) is 30.7 Å². The van der Waals surface area contributed by atoms with Crippen LogP contribution in [0.2, 0.25) is 0 Å². The van der Waals surface area contributed by atoms with Crippen molar-refractivity contribution in [3.63, 3.8) is 0 Å². The Hall–Kier alpha value is -2.31. The van der Waals surface area contributed by atoms with Crippen LogP contribution < -0.4 is 10.8 Å². The Labute approximate surface area is 171 Å². The van der Waals surface area contributed by atoms with Gasteiger partial charge >= 0.3 is 0 Å². The second-order valence-corrected chi connectivity index (χ2v) is 7.68. The van der Waals surface area contributed by atoms with Crippen LogP contribution in [0.1, 0.15) is 47.1 Å². The number of halogens is 2. The first-order valence-electron chi connectivity index (χ1n) is 9.97. The van der Waals surface area contributed by atoms with Crippen molar-refractivity contribution in [2.45, 2.75) is 53.0 Å². The van der Waals surface area contributed by atoms with E-state index in [0.717, 1.165) is 30.5 Å². The van der Waals surface area contributed by atoms with Crippen molar-refractivity contribution in [2.24, 2.45) is 5.92 Å². The molecule has 0 aromatic heterocycles. The fourth-order valence-corrected chi connectivity index (χ4v) is 3.55. The fraction of sp³-hybridized carbons (Fsp3) is 0.435. The number of aryl methyl sites for hydroxylation is 3. The summed E-state index contributed by atoms with van der Waals surface area (Å²) in [6.45, 7) is 6.66. The molecule has 4 nitrogen and oxygen atoms in total. The first-order valence-corrected chi connectivity index (χ1v) is 9.97. The fourth-order valence-electron chi connectivity index (χ4n) is 3.55. The van der Waals surface area contributed by atoms with Crippen LogP contribution in [0.3, 0.4) is 0 Å². The van der Waals surface area contributed by atoms with Crippen LogP contribution in [0, 0.1) is 38.3 Å². The number of rotatable bonds is 10. The van der Waals surface area contributed by atoms with Crippen molar-refractivity contribution in [1.82, 2.24) is 10.8 Å². The summed E-state index contributed by atoms with van der Waals surface area (Å²) in [5.74, 6) is -1.21. The Morgan fingerprint density at radius 3 is 2.28 bits per heavy atom. The molecule has 3 N–H and O–H groups in total. The molecule has 0 aliphatic carbocycles. The lowest BCUT2D eigenvalue weighted by atomic mass is 9.92. The van der Waals surface area contributed by atoms with Gasteiger partial charge in [0.1, 0.15) is 11.6 Å². The third kappa shape index (κ3) is 6.91. The van der Waals surface area contributed by atoms with Gasteiger partial charge in [-0.3, -0.25) is 10.0 Å². The molecule has 29 heavy (non-hydrogen) atoms. The van der Waals surface area contributed by atoms with Crippen LogP contribution in [0.15, 0.2) is 30.3 Å². The van der Waals surface area contributed by atoms with Crippen LogP contribution in [-0.2, 0) is 17.8 Å². The second-order valence-electron chi connectivity index (χ2n) is 7.68. The second kappa shape index (κ2) is 11.0. The van der Waals surface area contributed by atoms with Crippen molar-refractivity contribution < 1.29 is 18.8 Å². The number of carbonyl (C=O) groups is 1. The van der Waals surface area contributed by atoms with E-state index >= 15 is 0 Å². The molecule has 0 aliphatic rings. The number of benzene rings is 2. The molecule has 0 fully saturated rings. The maximum Gasteiger partial charge on any atom is 0.246 e. The molecule has 1 atom stereocenters. The smallest absolute Gasteiger partial charge is 0.246 e. The first-order chi connectivity index (χ1) is 13.8. The van der Waals surface area contributed by atoms with E-state index in [2.05, 4.69) is 5.32 Å². The minimum atomic E-state index is -0.419. The van der Waals surface area contributed by atoms with Gasteiger partial charge < -0.3 is 5.32 Å². The zero-order valence-corrected chi connectivity index (χ0v) is 17.3. The highest BCUT2D eigenvalue weighted by Gasteiger charge is 2.18. The maximum atomic E-state index is 13.7. The summed E-state index contributed by atoms with van der Waals surface area (Å²) < 4.78 is 27.1. The van der Waals surface area contributed by atoms with Gasteiger partial charge in [-0.15, -0.1) is 0 Å². The van der Waals surface area contributed by atoms with E-state index < -0.39 is 5.91 Å². The molecule has 0 heterocycles. The van der Waals surface area contributed by atoms with Crippen molar-refractivity contribution in [1.29, 1.82) is 0 Å². The summed E-state index contributed by atoms with van der Waals surface area (Å²) in [6.07, 6.45) is 2.76. The minimum absolute atomic E-state index is 0.154. The highest BCUT2D eigenvalue weighted by molar-refractivity contribution is 5.77. The molecule has 0 spiro atoms. The van der Waals surface area contributed by atoms with Crippen LogP contribution in [0.5, 0.6) is 0 Å². The highest BCUT2D eigenvalue weighted by atomic mass is 19.1. The van der Waals surface area contributed by atoms with Crippen LogP contribution in [-0.4, -0.2) is 17.7 Å². The quantitative estimate of drug-likeness (QED) is 0.310. The topological polar surface area (TPSA) is 61.4 Å². The van der Waals surface area contributed by atoms with Gasteiger partial charge in [0.2, 0.25) is 5.91 Å². The predicted molar refractivity (Wildman–Crippen MR) is 110 cm³/mol. The largest absolute Gasteiger partial charge is 0.313 e. The van der Waals surface area contributed by atoms with E-state index in [1.807, 2.05) is 12.1 Å². The normalized spacial score (nSPS) is 12.1. The Kier molecular flexibility index (Phi) is 8.73. The van der Waals surface area contributed by atoms with Crippen LogP contribution in [0.25, 0.3) is 0 Å². The third-order valence-electron chi connectivity index (χ3n) is 5.17. The molecule has 0 saturated carbocycles.